The number of ether oxygens (including phenoxy) is 3. The summed E-state index contributed by atoms with van der Waals surface area (Å²) >= 11 is 0. The smallest absolute Gasteiger partial charge is 0.309 e. The van der Waals surface area contributed by atoms with E-state index in [2.05, 4.69) is 38.1 Å². The van der Waals surface area contributed by atoms with Crippen molar-refractivity contribution >= 4 is 11.8 Å². The topological polar surface area (TPSA) is 106 Å². The van der Waals surface area contributed by atoms with Crippen LogP contribution in [0.25, 0.3) is 0 Å². The van der Waals surface area contributed by atoms with E-state index in [-0.39, 0.29) is 37.4 Å². The second kappa shape index (κ2) is 17.1. The molecule has 1 heterocycles. The summed E-state index contributed by atoms with van der Waals surface area (Å²) in [6.45, 7) is 11.1. The van der Waals surface area contributed by atoms with E-state index in [1.165, 1.54) is 0 Å². The SMILES string of the molecule is COc1c(C)cc([C@H]2CN(CC(=O)CC(c3ccccc3C)c3ccccc3C)[C@@H](c3ccc(OCCOC(C)C)cc3)[C@@H]2C(=O)O)cc1CO. The van der Waals surface area contributed by atoms with Gasteiger partial charge >= 0.3 is 5.97 Å². The third-order valence-corrected chi connectivity index (χ3v) is 10.0. The lowest BCUT2D eigenvalue weighted by atomic mass is 9.81. The van der Waals surface area contributed by atoms with Gasteiger partial charge in [0, 0.05) is 36.4 Å². The largest absolute Gasteiger partial charge is 0.496 e. The van der Waals surface area contributed by atoms with Gasteiger partial charge in [0.1, 0.15) is 23.9 Å². The van der Waals surface area contributed by atoms with Crippen molar-refractivity contribution in [1.82, 2.24) is 4.90 Å². The number of Topliss-reactive ketones (excluding diaryl/α,β-unsaturated/α-hetero) is 1. The van der Waals surface area contributed by atoms with Crippen LogP contribution in [-0.2, 0) is 20.9 Å². The number of ketones is 1. The number of nitrogens with zero attached hydrogens (tertiary/aromatic N) is 1. The van der Waals surface area contributed by atoms with Gasteiger partial charge < -0.3 is 24.4 Å². The molecule has 5 rings (SSSR count). The molecule has 8 heteroatoms. The first-order valence-electron chi connectivity index (χ1n) is 17.7. The molecule has 0 radical (unpaired) electrons. The fourth-order valence-corrected chi connectivity index (χ4v) is 7.69. The molecule has 1 aliphatic heterocycles. The molecule has 4 aromatic rings. The zero-order valence-electron chi connectivity index (χ0n) is 30.6. The van der Waals surface area contributed by atoms with Crippen LogP contribution in [0, 0.1) is 26.7 Å². The summed E-state index contributed by atoms with van der Waals surface area (Å²) in [7, 11) is 1.56. The molecule has 0 aliphatic carbocycles. The van der Waals surface area contributed by atoms with Crippen LogP contribution >= 0.6 is 0 Å². The minimum Gasteiger partial charge on any atom is -0.496 e. The summed E-state index contributed by atoms with van der Waals surface area (Å²) in [5, 5.41) is 21.0. The molecule has 8 nitrogen and oxygen atoms in total. The first kappa shape index (κ1) is 37.7. The molecule has 0 aromatic heterocycles. The summed E-state index contributed by atoms with van der Waals surface area (Å²) in [6.07, 6.45) is 0.391. The minimum absolute atomic E-state index is 0.0355. The normalized spacial score (nSPS) is 17.6. The van der Waals surface area contributed by atoms with Crippen LogP contribution < -0.4 is 9.47 Å². The zero-order valence-corrected chi connectivity index (χ0v) is 30.6. The number of aryl methyl sites for hydroxylation is 3. The third-order valence-electron chi connectivity index (χ3n) is 10.0. The highest BCUT2D eigenvalue weighted by Gasteiger charge is 2.48. The predicted molar refractivity (Wildman–Crippen MR) is 199 cm³/mol. The van der Waals surface area contributed by atoms with E-state index in [4.69, 9.17) is 14.2 Å². The number of rotatable bonds is 16. The molecule has 2 N–H and O–H groups in total. The van der Waals surface area contributed by atoms with Crippen LogP contribution in [-0.4, -0.2) is 66.4 Å². The number of methoxy groups -OCH3 is 1. The second-order valence-electron chi connectivity index (χ2n) is 13.9. The molecule has 3 atom stereocenters. The summed E-state index contributed by atoms with van der Waals surface area (Å²) in [5.74, 6) is -1.10. The van der Waals surface area contributed by atoms with Gasteiger partial charge in [-0.1, -0.05) is 66.7 Å². The molecule has 1 saturated heterocycles. The van der Waals surface area contributed by atoms with Gasteiger partial charge in [-0.15, -0.1) is 0 Å². The highest BCUT2D eigenvalue weighted by molar-refractivity contribution is 5.82. The Labute approximate surface area is 302 Å². The molecular weight excluding hydrogens is 642 g/mol. The number of hydrogen-bond donors (Lipinski definition) is 2. The Morgan fingerprint density at radius 1 is 0.843 bits per heavy atom. The number of carboxylic acids is 1. The molecule has 4 aromatic carbocycles. The van der Waals surface area contributed by atoms with Crippen molar-refractivity contribution in [2.24, 2.45) is 5.92 Å². The van der Waals surface area contributed by atoms with Crippen molar-refractivity contribution in [2.45, 2.75) is 71.6 Å². The van der Waals surface area contributed by atoms with Crippen molar-refractivity contribution in [3.63, 3.8) is 0 Å². The number of likely N-dealkylation sites (tertiary alicyclic amines) is 1. The van der Waals surface area contributed by atoms with Gasteiger partial charge in [0.15, 0.2) is 0 Å². The monoisotopic (exact) mass is 693 g/mol. The molecule has 270 valence electrons. The molecule has 0 amide bonds. The number of aliphatic hydroxyl groups excluding tert-OH is 1. The molecule has 0 unspecified atom stereocenters. The average Bonchev–Trinajstić information content (AvgIpc) is 3.48. The quantitative estimate of drug-likeness (QED) is 0.116. The number of carbonyl (C=O) groups excluding carboxylic acids is 1. The molecule has 0 saturated carbocycles. The Balaban J connectivity index is 1.50. The zero-order chi connectivity index (χ0) is 36.7. The van der Waals surface area contributed by atoms with E-state index in [0.29, 0.717) is 36.8 Å². The Morgan fingerprint density at radius 3 is 2.02 bits per heavy atom. The Hall–Kier alpha value is -4.50. The number of carbonyl (C=O) groups is 2. The lowest BCUT2D eigenvalue weighted by molar-refractivity contribution is -0.143. The minimum atomic E-state index is -0.942. The Bertz CT molecular complexity index is 1760. The second-order valence-corrected chi connectivity index (χ2v) is 13.9. The predicted octanol–water partition coefficient (Wildman–Crippen LogP) is 7.55. The molecule has 0 spiro atoms. The fourth-order valence-electron chi connectivity index (χ4n) is 7.69. The number of hydrogen-bond acceptors (Lipinski definition) is 7. The van der Waals surface area contributed by atoms with Gasteiger partial charge in [-0.2, -0.15) is 0 Å². The van der Waals surface area contributed by atoms with Crippen LogP contribution in [0.15, 0.2) is 84.9 Å². The highest BCUT2D eigenvalue weighted by atomic mass is 16.5. The summed E-state index contributed by atoms with van der Waals surface area (Å²) < 4.78 is 17.0. The van der Waals surface area contributed by atoms with Crippen molar-refractivity contribution in [3.8, 4) is 11.5 Å². The van der Waals surface area contributed by atoms with Crippen LogP contribution in [0.2, 0.25) is 0 Å². The number of carboxylic acid groups (broad SMARTS) is 1. The van der Waals surface area contributed by atoms with Crippen LogP contribution in [0.5, 0.6) is 11.5 Å². The lowest BCUT2D eigenvalue weighted by Gasteiger charge is -2.28. The number of aliphatic hydroxyl groups is 1. The maximum Gasteiger partial charge on any atom is 0.309 e. The van der Waals surface area contributed by atoms with Crippen LogP contribution in [0.3, 0.4) is 0 Å². The number of benzene rings is 4. The van der Waals surface area contributed by atoms with Crippen molar-refractivity contribution in [3.05, 3.63) is 129 Å². The van der Waals surface area contributed by atoms with E-state index in [1.807, 2.05) is 86.3 Å². The lowest BCUT2D eigenvalue weighted by Crippen LogP contribution is -2.33. The average molecular weight is 694 g/mol. The van der Waals surface area contributed by atoms with E-state index < -0.39 is 23.8 Å². The molecule has 1 aliphatic rings. The molecule has 51 heavy (non-hydrogen) atoms. The van der Waals surface area contributed by atoms with Gasteiger partial charge in [-0.05, 0) is 91.8 Å². The maximum absolute atomic E-state index is 14.3. The van der Waals surface area contributed by atoms with E-state index in [0.717, 1.165) is 38.9 Å². The van der Waals surface area contributed by atoms with Gasteiger partial charge in [0.25, 0.3) is 0 Å². The summed E-state index contributed by atoms with van der Waals surface area (Å²) in [5.41, 5.74) is 7.48. The van der Waals surface area contributed by atoms with Crippen LogP contribution in [0.4, 0.5) is 0 Å². The Kier molecular flexibility index (Phi) is 12.7. The highest BCUT2D eigenvalue weighted by Crippen LogP contribution is 2.47. The van der Waals surface area contributed by atoms with Crippen molar-refractivity contribution in [2.75, 3.05) is 33.4 Å². The number of aliphatic carboxylic acids is 1. The first-order valence-corrected chi connectivity index (χ1v) is 17.7. The maximum atomic E-state index is 14.3. The summed E-state index contributed by atoms with van der Waals surface area (Å²) in [4.78, 5) is 29.6. The summed E-state index contributed by atoms with van der Waals surface area (Å²) in [6, 6.07) is 27.1. The van der Waals surface area contributed by atoms with Gasteiger partial charge in [-0.3, -0.25) is 14.5 Å². The van der Waals surface area contributed by atoms with E-state index in [1.54, 1.807) is 7.11 Å². The van der Waals surface area contributed by atoms with Gasteiger partial charge in [0.05, 0.1) is 38.9 Å². The molecule has 1 fully saturated rings. The third kappa shape index (κ3) is 8.87. The molecule has 0 bridgehead atoms. The van der Waals surface area contributed by atoms with E-state index >= 15 is 0 Å². The van der Waals surface area contributed by atoms with E-state index in [9.17, 15) is 19.8 Å². The first-order chi connectivity index (χ1) is 24.5. The molecular formula is C43H51NO7. The Morgan fingerprint density at radius 2 is 1.47 bits per heavy atom. The fraction of sp³-hybridized carbons (Fsp3) is 0.395. The van der Waals surface area contributed by atoms with Crippen molar-refractivity contribution in [1.29, 1.82) is 0 Å². The van der Waals surface area contributed by atoms with Gasteiger partial charge in [0.2, 0.25) is 0 Å². The van der Waals surface area contributed by atoms with Crippen LogP contribution in [0.1, 0.15) is 82.7 Å². The van der Waals surface area contributed by atoms with Gasteiger partial charge in [-0.25, -0.2) is 0 Å². The standard InChI is InChI=1S/C43H51NO7/c1-27(2)50-19-20-51-35-17-15-31(16-18-35)41-40(43(47)48)39(32-21-30(5)42(49-6)33(22-32)26-45)25-44(41)24-34(46)23-38(36-13-9-7-11-28(36)3)37-14-10-8-12-29(37)4/h7-18,21-22,27,38-41,45H,19-20,23-26H2,1-6H3,(H,47,48)/t39-,40-,41+/m1/s1. The van der Waals surface area contributed by atoms with Crippen molar-refractivity contribution < 1.29 is 34.0 Å².